The number of carbonyl (C=O) groups is 2. The van der Waals surface area contributed by atoms with Crippen molar-refractivity contribution in [1.29, 1.82) is 0 Å². The third-order valence-electron chi connectivity index (χ3n) is 5.26. The normalized spacial score (nSPS) is 17.4. The highest BCUT2D eigenvalue weighted by Gasteiger charge is 2.36. The lowest BCUT2D eigenvalue weighted by Crippen LogP contribution is -2.29. The van der Waals surface area contributed by atoms with Crippen molar-refractivity contribution in [3.05, 3.63) is 52.7 Å². The number of amides is 1. The van der Waals surface area contributed by atoms with Crippen LogP contribution in [-0.4, -0.2) is 43.1 Å². The van der Waals surface area contributed by atoms with E-state index in [9.17, 15) is 14.0 Å². The van der Waals surface area contributed by atoms with E-state index in [2.05, 4.69) is 11.7 Å². The monoisotopic (exact) mass is 384 g/mol. The average molecular weight is 384 g/mol. The molecule has 1 aliphatic heterocycles. The maximum Gasteiger partial charge on any atom is 0.254 e. The van der Waals surface area contributed by atoms with E-state index in [0.717, 1.165) is 30.4 Å². The summed E-state index contributed by atoms with van der Waals surface area (Å²) in [6.07, 6.45) is 5.89. The Morgan fingerprint density at radius 2 is 2.21 bits per heavy atom. The molecule has 1 aromatic carbocycles. The fraction of sp³-hybridized carbons (Fsp3) is 0.409. The number of carbonyl (C=O) groups excluding carboxylic acids is 2. The number of rotatable bonds is 9. The standard InChI is InChI=1S/C22H25FN2O3/c1-15-12-16(6-7-20(15)28-11-9-23)13-25-14-19(21(26)17-4-3-5-17)18(22(25)27)8-10-24-2/h6-8,10,12,17H,2-5,9,11,13-14H2,1H3/b10-8-. The average Bonchev–Trinajstić information content (AvgIpc) is 2.93. The lowest BCUT2D eigenvalue weighted by molar-refractivity contribution is -0.125. The number of aliphatic imine (C=N–C) groups is 1. The molecule has 1 fully saturated rings. The van der Waals surface area contributed by atoms with Crippen LogP contribution >= 0.6 is 0 Å². The summed E-state index contributed by atoms with van der Waals surface area (Å²) in [6.45, 7) is 5.47. The van der Waals surface area contributed by atoms with Gasteiger partial charge in [-0.2, -0.15) is 0 Å². The summed E-state index contributed by atoms with van der Waals surface area (Å²) in [5.74, 6) is 0.584. The van der Waals surface area contributed by atoms with Crippen molar-refractivity contribution < 1.29 is 18.7 Å². The van der Waals surface area contributed by atoms with Crippen LogP contribution in [-0.2, 0) is 16.1 Å². The number of nitrogens with zero attached hydrogens (tertiary/aromatic N) is 2. The number of hydrogen-bond donors (Lipinski definition) is 0. The van der Waals surface area contributed by atoms with Crippen molar-refractivity contribution in [2.75, 3.05) is 19.8 Å². The number of ether oxygens (including phenoxy) is 1. The zero-order valence-corrected chi connectivity index (χ0v) is 16.1. The lowest BCUT2D eigenvalue weighted by atomic mass is 9.79. The van der Waals surface area contributed by atoms with Crippen molar-refractivity contribution in [3.63, 3.8) is 0 Å². The van der Waals surface area contributed by atoms with Gasteiger partial charge < -0.3 is 9.64 Å². The van der Waals surface area contributed by atoms with E-state index in [1.807, 2.05) is 19.1 Å². The summed E-state index contributed by atoms with van der Waals surface area (Å²) < 4.78 is 17.7. The summed E-state index contributed by atoms with van der Waals surface area (Å²) >= 11 is 0. The molecule has 0 spiro atoms. The molecule has 0 atom stereocenters. The number of hydrogen-bond acceptors (Lipinski definition) is 4. The molecule has 0 radical (unpaired) electrons. The Labute approximate surface area is 164 Å². The molecular weight excluding hydrogens is 359 g/mol. The largest absolute Gasteiger partial charge is 0.491 e. The van der Waals surface area contributed by atoms with Gasteiger partial charge in [0.15, 0.2) is 5.78 Å². The van der Waals surface area contributed by atoms with E-state index in [4.69, 9.17) is 4.74 Å². The van der Waals surface area contributed by atoms with Crippen LogP contribution in [0.2, 0.25) is 0 Å². The van der Waals surface area contributed by atoms with Gasteiger partial charge in [-0.15, -0.1) is 0 Å². The fourth-order valence-corrected chi connectivity index (χ4v) is 3.54. The molecule has 0 unspecified atom stereocenters. The van der Waals surface area contributed by atoms with E-state index in [1.165, 1.54) is 6.20 Å². The van der Waals surface area contributed by atoms with Gasteiger partial charge >= 0.3 is 0 Å². The lowest BCUT2D eigenvalue weighted by Gasteiger charge is -2.25. The summed E-state index contributed by atoms with van der Waals surface area (Å²) in [5, 5.41) is 0. The third kappa shape index (κ3) is 4.21. The van der Waals surface area contributed by atoms with Crippen molar-refractivity contribution in [3.8, 4) is 5.75 Å². The minimum Gasteiger partial charge on any atom is -0.491 e. The molecule has 2 aliphatic rings. The van der Waals surface area contributed by atoms with Crippen molar-refractivity contribution in [2.45, 2.75) is 32.7 Å². The van der Waals surface area contributed by atoms with Crippen molar-refractivity contribution in [2.24, 2.45) is 10.9 Å². The molecule has 6 heteroatoms. The van der Waals surface area contributed by atoms with Gasteiger partial charge in [0.1, 0.15) is 19.0 Å². The summed E-state index contributed by atoms with van der Waals surface area (Å²) in [7, 11) is 0. The second kappa shape index (κ2) is 8.95. The number of halogens is 1. The molecule has 1 aromatic rings. The predicted molar refractivity (Wildman–Crippen MR) is 106 cm³/mol. The molecule has 28 heavy (non-hydrogen) atoms. The van der Waals surface area contributed by atoms with Crippen molar-refractivity contribution in [1.82, 2.24) is 4.90 Å². The van der Waals surface area contributed by atoms with Gasteiger partial charge in [0.25, 0.3) is 5.91 Å². The first kappa shape index (κ1) is 20.0. The topological polar surface area (TPSA) is 59.0 Å². The molecule has 1 saturated carbocycles. The Balaban J connectivity index is 1.76. The summed E-state index contributed by atoms with van der Waals surface area (Å²) in [4.78, 5) is 31.0. The van der Waals surface area contributed by atoms with Crippen LogP contribution in [0.1, 0.15) is 30.4 Å². The molecule has 0 saturated heterocycles. The van der Waals surface area contributed by atoms with Gasteiger partial charge in [-0.3, -0.25) is 14.6 Å². The number of alkyl halides is 1. The predicted octanol–water partition coefficient (Wildman–Crippen LogP) is 3.57. The molecule has 1 amide bonds. The molecule has 1 aliphatic carbocycles. The highest BCUT2D eigenvalue weighted by Crippen LogP contribution is 2.33. The van der Waals surface area contributed by atoms with Crippen molar-refractivity contribution >= 4 is 18.4 Å². The highest BCUT2D eigenvalue weighted by molar-refractivity contribution is 6.11. The van der Waals surface area contributed by atoms with E-state index in [0.29, 0.717) is 30.0 Å². The molecule has 0 aromatic heterocycles. The molecule has 1 heterocycles. The fourth-order valence-electron chi connectivity index (χ4n) is 3.54. The van der Waals surface area contributed by atoms with Gasteiger partial charge in [0.05, 0.1) is 6.54 Å². The summed E-state index contributed by atoms with van der Waals surface area (Å²) in [6, 6.07) is 5.57. The molecule has 5 nitrogen and oxygen atoms in total. The van der Waals surface area contributed by atoms with Crippen LogP contribution in [0, 0.1) is 12.8 Å². The first-order valence-corrected chi connectivity index (χ1v) is 9.52. The number of ketones is 1. The Kier molecular flexibility index (Phi) is 6.39. The Morgan fingerprint density at radius 1 is 1.43 bits per heavy atom. The SMILES string of the molecule is C=N/C=C\C1=C(C(=O)C2CCC2)CN(Cc2ccc(OCCF)c(C)c2)C1=O. The second-order valence-corrected chi connectivity index (χ2v) is 7.18. The first-order valence-electron chi connectivity index (χ1n) is 9.52. The second-order valence-electron chi connectivity index (χ2n) is 7.18. The van der Waals surface area contributed by atoms with Gasteiger partial charge in [-0.25, -0.2) is 4.39 Å². The van der Waals surface area contributed by atoms with E-state index in [1.54, 1.807) is 17.0 Å². The van der Waals surface area contributed by atoms with Crippen LogP contribution in [0.25, 0.3) is 0 Å². The maximum absolute atomic E-state index is 12.9. The first-order chi connectivity index (χ1) is 13.5. The van der Waals surface area contributed by atoms with Gasteiger partial charge in [0.2, 0.25) is 0 Å². The third-order valence-corrected chi connectivity index (χ3v) is 5.26. The zero-order valence-electron chi connectivity index (χ0n) is 16.1. The number of Topliss-reactive ketones (excluding diaryl/α,β-unsaturated/α-hetero) is 1. The number of benzene rings is 1. The Bertz CT molecular complexity index is 840. The van der Waals surface area contributed by atoms with Gasteiger partial charge in [-0.05, 0) is 49.8 Å². The molecule has 0 bridgehead atoms. The molecule has 3 rings (SSSR count). The van der Waals surface area contributed by atoms with Gasteiger partial charge in [-0.1, -0.05) is 18.6 Å². The summed E-state index contributed by atoms with van der Waals surface area (Å²) in [5.41, 5.74) is 2.81. The van der Waals surface area contributed by atoms with Crippen LogP contribution < -0.4 is 4.74 Å². The van der Waals surface area contributed by atoms with E-state index in [-0.39, 0.29) is 24.2 Å². The zero-order chi connectivity index (χ0) is 20.1. The minimum absolute atomic E-state index is 0.0222. The van der Waals surface area contributed by atoms with Crippen LogP contribution in [0.15, 0.2) is 46.6 Å². The Hall–Kier alpha value is -2.76. The Morgan fingerprint density at radius 3 is 2.82 bits per heavy atom. The van der Waals surface area contributed by atoms with Crippen LogP contribution in [0.4, 0.5) is 4.39 Å². The van der Waals surface area contributed by atoms with Crippen LogP contribution in [0.5, 0.6) is 5.75 Å². The van der Waals surface area contributed by atoms with Gasteiger partial charge in [0, 0.05) is 29.8 Å². The smallest absolute Gasteiger partial charge is 0.254 e. The molecule has 0 N–H and O–H groups in total. The van der Waals surface area contributed by atoms with Crippen LogP contribution in [0.3, 0.4) is 0 Å². The molecular formula is C22H25FN2O3. The minimum atomic E-state index is -0.539. The number of aryl methyl sites for hydroxylation is 1. The maximum atomic E-state index is 12.9. The molecule has 148 valence electrons. The van der Waals surface area contributed by atoms with E-state index < -0.39 is 6.67 Å². The van der Waals surface area contributed by atoms with E-state index >= 15 is 0 Å². The quantitative estimate of drug-likeness (QED) is 0.612. The highest BCUT2D eigenvalue weighted by atomic mass is 19.1.